The van der Waals surface area contributed by atoms with Crippen molar-refractivity contribution in [2.75, 3.05) is 6.54 Å². The van der Waals surface area contributed by atoms with Gasteiger partial charge in [0.1, 0.15) is 5.82 Å². The van der Waals surface area contributed by atoms with Crippen LogP contribution in [0.1, 0.15) is 23.7 Å². The molecular formula is C11H12BrFN2O3. The first-order valence-corrected chi connectivity index (χ1v) is 6.23. The van der Waals surface area contributed by atoms with E-state index in [9.17, 15) is 19.3 Å². The summed E-state index contributed by atoms with van der Waals surface area (Å²) < 4.78 is 13.5. The first-order valence-electron chi connectivity index (χ1n) is 5.32. The number of nitro groups is 1. The minimum Gasteiger partial charge on any atom is -0.351 e. The molecule has 98 valence electrons. The lowest BCUT2D eigenvalue weighted by Crippen LogP contribution is -2.29. The maximum Gasteiger partial charge on any atom is 0.272 e. The van der Waals surface area contributed by atoms with E-state index in [-0.39, 0.29) is 16.1 Å². The molecule has 0 fully saturated rings. The number of halogens is 2. The van der Waals surface area contributed by atoms with Gasteiger partial charge in [-0.05, 0) is 12.5 Å². The molecule has 7 heteroatoms. The molecule has 0 heterocycles. The molecule has 0 saturated carbocycles. The van der Waals surface area contributed by atoms with Crippen molar-refractivity contribution in [3.63, 3.8) is 0 Å². The Hall–Kier alpha value is -1.50. The predicted molar refractivity (Wildman–Crippen MR) is 68.4 cm³/mol. The fraction of sp³-hybridized carbons (Fsp3) is 0.364. The second-order valence-corrected chi connectivity index (χ2v) is 4.93. The molecular weight excluding hydrogens is 307 g/mol. The zero-order chi connectivity index (χ0) is 13.7. The van der Waals surface area contributed by atoms with Gasteiger partial charge in [-0.1, -0.05) is 22.9 Å². The minimum atomic E-state index is -0.899. The molecule has 1 aromatic carbocycles. The fourth-order valence-corrected chi connectivity index (χ4v) is 1.41. The van der Waals surface area contributed by atoms with E-state index >= 15 is 0 Å². The van der Waals surface area contributed by atoms with Crippen LogP contribution in [0.2, 0.25) is 0 Å². The van der Waals surface area contributed by atoms with Crippen molar-refractivity contribution in [2.24, 2.45) is 0 Å². The van der Waals surface area contributed by atoms with Gasteiger partial charge in [0.05, 0.1) is 16.6 Å². The second-order valence-electron chi connectivity index (χ2n) is 3.64. The van der Waals surface area contributed by atoms with Crippen molar-refractivity contribution in [3.8, 4) is 0 Å². The number of nitrogens with zero attached hydrogens (tertiary/aromatic N) is 1. The summed E-state index contributed by atoms with van der Waals surface area (Å²) in [5.74, 6) is -1.48. The van der Waals surface area contributed by atoms with E-state index in [0.29, 0.717) is 6.54 Å². The summed E-state index contributed by atoms with van der Waals surface area (Å²) in [6, 6.07) is 2.95. The maximum atomic E-state index is 13.5. The van der Waals surface area contributed by atoms with E-state index in [2.05, 4.69) is 21.2 Å². The number of hydrogen-bond donors (Lipinski definition) is 1. The van der Waals surface area contributed by atoms with Crippen molar-refractivity contribution >= 4 is 27.5 Å². The van der Waals surface area contributed by atoms with E-state index in [0.717, 1.165) is 24.6 Å². The van der Waals surface area contributed by atoms with Gasteiger partial charge in [0.2, 0.25) is 0 Å². The molecule has 0 bridgehead atoms. The highest BCUT2D eigenvalue weighted by molar-refractivity contribution is 9.09. The lowest BCUT2D eigenvalue weighted by atomic mass is 10.1. The van der Waals surface area contributed by atoms with Gasteiger partial charge in [-0.25, -0.2) is 4.39 Å². The number of non-ortho nitro benzene ring substituents is 1. The molecule has 1 rings (SSSR count). The Kier molecular flexibility index (Phi) is 5.21. The summed E-state index contributed by atoms with van der Waals surface area (Å²) in [5, 5.41) is 13.0. The maximum absolute atomic E-state index is 13.5. The number of hydrogen-bond acceptors (Lipinski definition) is 3. The Balaban J connectivity index is 2.78. The summed E-state index contributed by atoms with van der Waals surface area (Å²) in [5.41, 5.74) is -0.577. The first kappa shape index (κ1) is 14.6. The molecule has 0 aliphatic heterocycles. The number of benzene rings is 1. The molecule has 18 heavy (non-hydrogen) atoms. The molecule has 0 aromatic heterocycles. The predicted octanol–water partition coefficient (Wildman–Crippen LogP) is 2.64. The van der Waals surface area contributed by atoms with Crippen molar-refractivity contribution in [2.45, 2.75) is 18.2 Å². The topological polar surface area (TPSA) is 72.2 Å². The molecule has 0 aliphatic carbocycles. The van der Waals surface area contributed by atoms with Crippen LogP contribution in [0.3, 0.4) is 0 Å². The number of amides is 1. The Morgan fingerprint density at radius 1 is 1.61 bits per heavy atom. The third-order valence-electron chi connectivity index (χ3n) is 2.34. The molecule has 1 amide bonds. The minimum absolute atomic E-state index is 0.113. The van der Waals surface area contributed by atoms with Gasteiger partial charge in [-0.3, -0.25) is 14.9 Å². The van der Waals surface area contributed by atoms with Gasteiger partial charge in [-0.15, -0.1) is 0 Å². The summed E-state index contributed by atoms with van der Waals surface area (Å²) in [4.78, 5) is 21.4. The zero-order valence-electron chi connectivity index (χ0n) is 9.65. The van der Waals surface area contributed by atoms with Crippen LogP contribution < -0.4 is 5.32 Å². The third kappa shape index (κ3) is 3.76. The van der Waals surface area contributed by atoms with Crippen molar-refractivity contribution in [1.29, 1.82) is 0 Å². The summed E-state index contributed by atoms with van der Waals surface area (Å²) in [6.07, 6.45) is 0.822. The Labute approximate surface area is 112 Å². The monoisotopic (exact) mass is 318 g/mol. The van der Waals surface area contributed by atoms with Crippen molar-refractivity contribution in [1.82, 2.24) is 5.32 Å². The second kappa shape index (κ2) is 6.44. The van der Waals surface area contributed by atoms with Crippen LogP contribution in [-0.4, -0.2) is 22.2 Å². The lowest BCUT2D eigenvalue weighted by molar-refractivity contribution is -0.385. The van der Waals surface area contributed by atoms with Crippen LogP contribution in [0.5, 0.6) is 0 Å². The number of carbonyl (C=O) groups is 1. The Morgan fingerprint density at radius 3 is 2.78 bits per heavy atom. The standard InChI is InChI=1S/C11H12BrFN2O3/c1-2-7(12)6-14-11(16)9-4-3-8(15(17)18)5-10(9)13/h3-5,7H,2,6H2,1H3,(H,14,16). The van der Waals surface area contributed by atoms with Gasteiger partial charge in [0, 0.05) is 17.4 Å². The molecule has 0 spiro atoms. The SMILES string of the molecule is CCC(Br)CNC(=O)c1ccc([N+](=O)[O-])cc1F. The summed E-state index contributed by atoms with van der Waals surface area (Å²) in [7, 11) is 0. The smallest absolute Gasteiger partial charge is 0.272 e. The number of rotatable bonds is 5. The quantitative estimate of drug-likeness (QED) is 0.515. The van der Waals surface area contributed by atoms with Crippen LogP contribution >= 0.6 is 15.9 Å². The highest BCUT2D eigenvalue weighted by Gasteiger charge is 2.16. The number of nitro benzene ring substituents is 1. The molecule has 1 unspecified atom stereocenters. The van der Waals surface area contributed by atoms with E-state index in [1.165, 1.54) is 0 Å². The Morgan fingerprint density at radius 2 is 2.28 bits per heavy atom. The first-order chi connectivity index (χ1) is 8.45. The Bertz CT molecular complexity index is 468. The lowest BCUT2D eigenvalue weighted by Gasteiger charge is -2.09. The van der Waals surface area contributed by atoms with E-state index in [4.69, 9.17) is 0 Å². The summed E-state index contributed by atoms with van der Waals surface area (Å²) in [6.45, 7) is 2.31. The highest BCUT2D eigenvalue weighted by Crippen LogP contribution is 2.16. The fourth-order valence-electron chi connectivity index (χ4n) is 1.24. The van der Waals surface area contributed by atoms with Crippen molar-refractivity contribution in [3.05, 3.63) is 39.7 Å². The van der Waals surface area contributed by atoms with Crippen LogP contribution in [0, 0.1) is 15.9 Å². The molecule has 5 nitrogen and oxygen atoms in total. The zero-order valence-corrected chi connectivity index (χ0v) is 11.2. The van der Waals surface area contributed by atoms with Gasteiger partial charge in [-0.2, -0.15) is 0 Å². The van der Waals surface area contributed by atoms with E-state index < -0.39 is 16.6 Å². The van der Waals surface area contributed by atoms with Crippen LogP contribution in [-0.2, 0) is 0 Å². The van der Waals surface area contributed by atoms with Gasteiger partial charge >= 0.3 is 0 Å². The molecule has 0 saturated heterocycles. The van der Waals surface area contributed by atoms with Crippen molar-refractivity contribution < 1.29 is 14.1 Å². The molecule has 0 radical (unpaired) electrons. The molecule has 0 aliphatic rings. The molecule has 1 aromatic rings. The average molecular weight is 319 g/mol. The number of carbonyl (C=O) groups excluding carboxylic acids is 1. The average Bonchev–Trinajstić information content (AvgIpc) is 2.35. The third-order valence-corrected chi connectivity index (χ3v) is 3.31. The largest absolute Gasteiger partial charge is 0.351 e. The van der Waals surface area contributed by atoms with E-state index in [1.807, 2.05) is 6.92 Å². The van der Waals surface area contributed by atoms with E-state index in [1.54, 1.807) is 0 Å². The number of alkyl halides is 1. The summed E-state index contributed by atoms with van der Waals surface area (Å²) >= 11 is 3.33. The van der Waals surface area contributed by atoms with Crippen LogP contribution in [0.4, 0.5) is 10.1 Å². The molecule has 1 N–H and O–H groups in total. The van der Waals surface area contributed by atoms with Gasteiger partial charge in [0.25, 0.3) is 11.6 Å². The highest BCUT2D eigenvalue weighted by atomic mass is 79.9. The normalized spacial score (nSPS) is 11.9. The van der Waals surface area contributed by atoms with Crippen LogP contribution in [0.25, 0.3) is 0 Å². The molecule has 1 atom stereocenters. The van der Waals surface area contributed by atoms with Gasteiger partial charge < -0.3 is 5.32 Å². The van der Waals surface area contributed by atoms with Crippen LogP contribution in [0.15, 0.2) is 18.2 Å². The number of nitrogens with one attached hydrogen (secondary N) is 1. The van der Waals surface area contributed by atoms with Gasteiger partial charge in [0.15, 0.2) is 0 Å².